The molecule has 0 atom stereocenters. The summed E-state index contributed by atoms with van der Waals surface area (Å²) in [5, 5.41) is 16.5. The topological polar surface area (TPSA) is 132 Å². The van der Waals surface area contributed by atoms with Crippen molar-refractivity contribution >= 4 is 54.3 Å². The van der Waals surface area contributed by atoms with Crippen molar-refractivity contribution in [1.29, 1.82) is 0 Å². The van der Waals surface area contributed by atoms with Crippen molar-refractivity contribution < 1.29 is 22.9 Å². The fraction of sp³-hybridized carbons (Fsp3) is 0.125. The van der Waals surface area contributed by atoms with Gasteiger partial charge in [-0.2, -0.15) is 10.1 Å². The first kappa shape index (κ1) is 24.9. The summed E-state index contributed by atoms with van der Waals surface area (Å²) in [6.07, 6.45) is 1.04. The number of nitro benzene ring substituents is 1. The van der Waals surface area contributed by atoms with Gasteiger partial charge in [-0.1, -0.05) is 29.5 Å². The molecule has 10 nitrogen and oxygen atoms in total. The van der Waals surface area contributed by atoms with Gasteiger partial charge in [0.25, 0.3) is 11.6 Å². The first-order valence-electron chi connectivity index (χ1n) is 10.6. The van der Waals surface area contributed by atoms with Gasteiger partial charge >= 0.3 is 0 Å². The Hall–Kier alpha value is -4.16. The average Bonchev–Trinajstić information content (AvgIpc) is 3.31. The Morgan fingerprint density at radius 1 is 1.14 bits per heavy atom. The number of nitro groups is 1. The van der Waals surface area contributed by atoms with Crippen LogP contribution in [0.25, 0.3) is 10.2 Å². The lowest BCUT2D eigenvalue weighted by Gasteiger charge is -2.14. The van der Waals surface area contributed by atoms with Gasteiger partial charge in [-0.25, -0.2) is 13.4 Å². The number of carbonyl (C=O) groups excluding carboxylic acids is 1. The summed E-state index contributed by atoms with van der Waals surface area (Å²) in [4.78, 5) is 28.2. The number of nitrogens with zero attached hydrogens (tertiary/aromatic N) is 4. The van der Waals surface area contributed by atoms with Crippen LogP contribution in [-0.4, -0.2) is 43.3 Å². The number of sulfone groups is 1. The molecule has 0 aliphatic rings. The van der Waals surface area contributed by atoms with Crippen LogP contribution in [-0.2, 0) is 14.6 Å². The van der Waals surface area contributed by atoms with E-state index in [0.29, 0.717) is 16.8 Å². The zero-order valence-corrected chi connectivity index (χ0v) is 20.6. The van der Waals surface area contributed by atoms with Crippen molar-refractivity contribution in [1.82, 2.24) is 4.98 Å². The second-order valence-electron chi connectivity index (χ2n) is 7.51. The normalized spacial score (nSPS) is 11.6. The van der Waals surface area contributed by atoms with Crippen LogP contribution in [0.2, 0.25) is 0 Å². The Bertz CT molecular complexity index is 1530. The Morgan fingerprint density at radius 2 is 1.86 bits per heavy atom. The summed E-state index contributed by atoms with van der Waals surface area (Å²) in [6, 6.07) is 18.8. The van der Waals surface area contributed by atoms with E-state index in [-0.39, 0.29) is 22.1 Å². The van der Waals surface area contributed by atoms with Gasteiger partial charge in [0.05, 0.1) is 39.1 Å². The number of methoxy groups -OCH3 is 1. The highest BCUT2D eigenvalue weighted by Gasteiger charge is 2.23. The lowest BCUT2D eigenvalue weighted by Crippen LogP contribution is -2.27. The van der Waals surface area contributed by atoms with E-state index in [0.717, 1.165) is 9.71 Å². The molecule has 4 rings (SSSR count). The highest BCUT2D eigenvalue weighted by atomic mass is 32.2. The molecule has 0 N–H and O–H groups in total. The Morgan fingerprint density at radius 3 is 2.53 bits per heavy atom. The molecule has 4 aromatic rings. The molecule has 1 aromatic heterocycles. The Balaban J connectivity index is 1.63. The molecule has 12 heteroatoms. The minimum atomic E-state index is -3.68. The third kappa shape index (κ3) is 5.73. The van der Waals surface area contributed by atoms with Gasteiger partial charge < -0.3 is 4.74 Å². The summed E-state index contributed by atoms with van der Waals surface area (Å²) in [5.74, 6) is -0.351. The summed E-state index contributed by atoms with van der Waals surface area (Å²) >= 11 is 1.20. The minimum Gasteiger partial charge on any atom is -0.497 e. The number of fused-ring (bicyclic) bond motifs is 1. The fourth-order valence-corrected chi connectivity index (χ4v) is 5.43. The van der Waals surface area contributed by atoms with E-state index in [9.17, 15) is 23.3 Å². The maximum atomic E-state index is 13.2. The molecule has 0 bridgehead atoms. The van der Waals surface area contributed by atoms with E-state index < -0.39 is 26.4 Å². The third-order valence-electron chi connectivity index (χ3n) is 5.11. The van der Waals surface area contributed by atoms with E-state index in [2.05, 4.69) is 10.1 Å². The first-order chi connectivity index (χ1) is 17.3. The van der Waals surface area contributed by atoms with Gasteiger partial charge in [0.1, 0.15) is 5.75 Å². The number of benzene rings is 3. The number of thiazole rings is 1. The largest absolute Gasteiger partial charge is 0.497 e. The van der Waals surface area contributed by atoms with Crippen LogP contribution < -0.4 is 9.75 Å². The molecule has 0 unspecified atom stereocenters. The van der Waals surface area contributed by atoms with Crippen LogP contribution in [0.1, 0.15) is 12.0 Å². The lowest BCUT2D eigenvalue weighted by atomic mass is 10.2. The number of aromatic nitrogens is 1. The standard InChI is InChI=1S/C24H20N4O6S2/c1-34-19-11-12-21-22(15-19)35-24(26-21)27(25-16-17-7-9-18(10-8-17)28(30)31)23(29)13-14-36(32,33)20-5-3-2-4-6-20/h2-12,15-16H,13-14H2,1H3/b25-16+. The van der Waals surface area contributed by atoms with Gasteiger partial charge in [0, 0.05) is 18.6 Å². The van der Waals surface area contributed by atoms with Crippen LogP contribution >= 0.6 is 11.3 Å². The number of amides is 1. The van der Waals surface area contributed by atoms with E-state index in [1.54, 1.807) is 43.5 Å². The van der Waals surface area contributed by atoms with Crippen LogP contribution in [0.3, 0.4) is 0 Å². The van der Waals surface area contributed by atoms with Crippen molar-refractivity contribution in [2.45, 2.75) is 11.3 Å². The van der Waals surface area contributed by atoms with E-state index >= 15 is 0 Å². The van der Waals surface area contributed by atoms with Crippen molar-refractivity contribution in [3.63, 3.8) is 0 Å². The Kier molecular flexibility index (Phi) is 7.36. The highest BCUT2D eigenvalue weighted by Crippen LogP contribution is 2.32. The zero-order valence-electron chi connectivity index (χ0n) is 19.0. The molecule has 3 aromatic carbocycles. The molecule has 0 saturated heterocycles. The van der Waals surface area contributed by atoms with Gasteiger partial charge in [0.2, 0.25) is 5.13 Å². The number of rotatable bonds is 9. The fourth-order valence-electron chi connectivity index (χ4n) is 3.21. The number of hydrogen-bond donors (Lipinski definition) is 0. The van der Waals surface area contributed by atoms with Crippen LogP contribution in [0.5, 0.6) is 5.75 Å². The summed E-state index contributed by atoms with van der Waals surface area (Å²) in [7, 11) is -2.14. The number of anilines is 1. The number of carbonyl (C=O) groups is 1. The second-order valence-corrected chi connectivity index (χ2v) is 10.6. The van der Waals surface area contributed by atoms with Crippen LogP contribution in [0.15, 0.2) is 82.8 Å². The van der Waals surface area contributed by atoms with Crippen molar-refractivity contribution in [2.24, 2.45) is 5.10 Å². The summed E-state index contributed by atoms with van der Waals surface area (Å²) in [6.45, 7) is 0. The second kappa shape index (κ2) is 10.6. The monoisotopic (exact) mass is 524 g/mol. The van der Waals surface area contributed by atoms with Crippen LogP contribution in [0.4, 0.5) is 10.8 Å². The molecule has 0 radical (unpaired) electrons. The lowest BCUT2D eigenvalue weighted by molar-refractivity contribution is -0.384. The molecule has 36 heavy (non-hydrogen) atoms. The Labute approximate surface area is 210 Å². The molecular weight excluding hydrogens is 504 g/mol. The first-order valence-corrected chi connectivity index (χ1v) is 13.1. The maximum Gasteiger partial charge on any atom is 0.269 e. The third-order valence-corrected chi connectivity index (χ3v) is 7.84. The number of hydrazone groups is 1. The van der Waals surface area contributed by atoms with Crippen molar-refractivity contribution in [2.75, 3.05) is 17.9 Å². The van der Waals surface area contributed by atoms with Crippen molar-refractivity contribution in [3.05, 3.63) is 88.5 Å². The molecule has 0 spiro atoms. The molecular formula is C24H20N4O6S2. The minimum absolute atomic E-state index is 0.0775. The molecule has 1 heterocycles. The zero-order chi connectivity index (χ0) is 25.7. The molecule has 0 fully saturated rings. The maximum absolute atomic E-state index is 13.2. The van der Waals surface area contributed by atoms with E-state index in [4.69, 9.17) is 4.74 Å². The van der Waals surface area contributed by atoms with Gasteiger partial charge in [0.15, 0.2) is 9.84 Å². The summed E-state index contributed by atoms with van der Waals surface area (Å²) < 4.78 is 31.4. The number of hydrogen-bond acceptors (Lipinski definition) is 9. The average molecular weight is 525 g/mol. The quantitative estimate of drug-likeness (QED) is 0.180. The molecule has 0 aliphatic carbocycles. The van der Waals surface area contributed by atoms with Gasteiger partial charge in [-0.05, 0) is 48.0 Å². The van der Waals surface area contributed by atoms with Gasteiger partial charge in [-0.15, -0.1) is 0 Å². The smallest absolute Gasteiger partial charge is 0.269 e. The molecule has 184 valence electrons. The van der Waals surface area contributed by atoms with Crippen molar-refractivity contribution in [3.8, 4) is 5.75 Å². The van der Waals surface area contributed by atoms with E-state index in [1.165, 1.54) is 53.9 Å². The number of ether oxygens (including phenoxy) is 1. The molecule has 1 amide bonds. The SMILES string of the molecule is COc1ccc2nc(N(/N=C/c3ccc([N+](=O)[O-])cc3)C(=O)CCS(=O)(=O)c3ccccc3)sc2c1. The summed E-state index contributed by atoms with van der Waals surface area (Å²) in [5.41, 5.74) is 1.06. The predicted molar refractivity (Wildman–Crippen MR) is 137 cm³/mol. The highest BCUT2D eigenvalue weighted by molar-refractivity contribution is 7.91. The molecule has 0 saturated carbocycles. The van der Waals surface area contributed by atoms with Crippen LogP contribution in [0, 0.1) is 10.1 Å². The predicted octanol–water partition coefficient (Wildman–Crippen LogP) is 4.44. The van der Waals surface area contributed by atoms with Gasteiger partial charge in [-0.3, -0.25) is 14.9 Å². The van der Waals surface area contributed by atoms with E-state index in [1.807, 2.05) is 0 Å². The molecule has 0 aliphatic heterocycles. The number of non-ortho nitro benzene ring substituents is 1.